The first-order valence-electron chi connectivity index (χ1n) is 13.7. The van der Waals surface area contributed by atoms with E-state index in [4.69, 9.17) is 0 Å². The minimum atomic E-state index is -1.01. The zero-order chi connectivity index (χ0) is 27.8. The molecule has 2 aromatic carbocycles. The van der Waals surface area contributed by atoms with E-state index in [1.54, 1.807) is 6.07 Å². The molecule has 0 saturated heterocycles. The molecular weight excluding hydrogens is 472 g/mol. The van der Waals surface area contributed by atoms with Gasteiger partial charge in [-0.2, -0.15) is 0 Å². The molecule has 3 aliphatic rings. The molecule has 198 valence electrons. The van der Waals surface area contributed by atoms with Gasteiger partial charge < -0.3 is 5.11 Å². The van der Waals surface area contributed by atoms with Crippen LogP contribution >= 0.6 is 0 Å². The average Bonchev–Trinajstić information content (AvgIpc) is 2.85. The average molecular weight is 511 g/mol. The number of phenols is 1. The monoisotopic (exact) mass is 510 g/mol. The SMILES string of the molecule is CC(=O)C1=C(C)C[C@@]2(C)[C@H](CCc3ccccc3)[C@]3(C)C(=C(C)[C@@]2(C)C1=O)C(=O)c1c(O)cccc1[C@H]3C. The summed E-state index contributed by atoms with van der Waals surface area (Å²) in [5.74, 6) is -0.668. The van der Waals surface area contributed by atoms with Crippen LogP contribution in [0.3, 0.4) is 0 Å². The zero-order valence-corrected chi connectivity index (χ0v) is 23.6. The minimum Gasteiger partial charge on any atom is -0.507 e. The van der Waals surface area contributed by atoms with Crippen LogP contribution in [0.4, 0.5) is 0 Å². The van der Waals surface area contributed by atoms with Crippen LogP contribution in [0.15, 0.2) is 70.8 Å². The van der Waals surface area contributed by atoms with Crippen LogP contribution in [-0.4, -0.2) is 22.5 Å². The van der Waals surface area contributed by atoms with E-state index in [0.29, 0.717) is 17.6 Å². The number of benzene rings is 2. The predicted octanol–water partition coefficient (Wildman–Crippen LogP) is 7.17. The number of carbonyl (C=O) groups excluding carboxylic acids is 3. The maximum Gasteiger partial charge on any atom is 0.193 e. The van der Waals surface area contributed by atoms with Gasteiger partial charge in [-0.1, -0.05) is 74.4 Å². The fraction of sp³-hybridized carbons (Fsp3) is 0.441. The van der Waals surface area contributed by atoms with Gasteiger partial charge >= 0.3 is 0 Å². The Kier molecular flexibility index (Phi) is 5.98. The lowest BCUT2D eigenvalue weighted by Crippen LogP contribution is -2.63. The molecule has 0 saturated carbocycles. The number of hydrogen-bond acceptors (Lipinski definition) is 4. The Labute approximate surface area is 225 Å². The maximum atomic E-state index is 14.4. The van der Waals surface area contributed by atoms with Gasteiger partial charge in [0.15, 0.2) is 17.3 Å². The molecule has 4 nitrogen and oxygen atoms in total. The van der Waals surface area contributed by atoms with Crippen LogP contribution in [-0.2, 0) is 16.0 Å². The lowest BCUT2D eigenvalue weighted by Gasteiger charge is -2.65. The van der Waals surface area contributed by atoms with Gasteiger partial charge in [0, 0.05) is 11.0 Å². The summed E-state index contributed by atoms with van der Waals surface area (Å²) in [6, 6.07) is 15.7. The number of carbonyl (C=O) groups is 3. The van der Waals surface area contributed by atoms with E-state index in [1.165, 1.54) is 12.5 Å². The Morgan fingerprint density at radius 2 is 1.66 bits per heavy atom. The number of hydrogen-bond donors (Lipinski definition) is 1. The summed E-state index contributed by atoms with van der Waals surface area (Å²) >= 11 is 0. The molecule has 0 aromatic heterocycles. The van der Waals surface area contributed by atoms with Crippen molar-refractivity contribution in [3.63, 3.8) is 0 Å². The molecule has 5 atom stereocenters. The molecule has 5 rings (SSSR count). The molecule has 0 bridgehead atoms. The van der Waals surface area contributed by atoms with E-state index in [2.05, 4.69) is 32.9 Å². The van der Waals surface area contributed by atoms with Crippen LogP contribution in [0.25, 0.3) is 0 Å². The maximum absolute atomic E-state index is 14.4. The van der Waals surface area contributed by atoms with Crippen molar-refractivity contribution in [2.45, 2.75) is 73.6 Å². The van der Waals surface area contributed by atoms with Gasteiger partial charge in [-0.05, 0) is 81.4 Å². The predicted molar refractivity (Wildman–Crippen MR) is 149 cm³/mol. The number of fused-ring (bicyclic) bond motifs is 3. The molecule has 0 amide bonds. The number of aryl methyl sites for hydroxylation is 1. The molecule has 3 aliphatic carbocycles. The van der Waals surface area contributed by atoms with E-state index in [1.807, 2.05) is 51.1 Å². The van der Waals surface area contributed by atoms with Crippen molar-refractivity contribution in [2.75, 3.05) is 0 Å². The van der Waals surface area contributed by atoms with Gasteiger partial charge in [-0.15, -0.1) is 0 Å². The molecule has 0 fully saturated rings. The smallest absolute Gasteiger partial charge is 0.193 e. The zero-order valence-electron chi connectivity index (χ0n) is 23.6. The molecule has 38 heavy (non-hydrogen) atoms. The Hall–Kier alpha value is -3.27. The van der Waals surface area contributed by atoms with E-state index < -0.39 is 16.2 Å². The second-order valence-electron chi connectivity index (χ2n) is 12.4. The van der Waals surface area contributed by atoms with Gasteiger partial charge in [0.2, 0.25) is 0 Å². The third-order valence-electron chi connectivity index (χ3n) is 10.9. The number of ketones is 3. The topological polar surface area (TPSA) is 71.4 Å². The van der Waals surface area contributed by atoms with Crippen molar-refractivity contribution in [1.29, 1.82) is 0 Å². The van der Waals surface area contributed by atoms with E-state index in [0.717, 1.165) is 29.6 Å². The van der Waals surface area contributed by atoms with Gasteiger partial charge in [0.1, 0.15) is 5.75 Å². The van der Waals surface area contributed by atoms with Crippen molar-refractivity contribution in [3.05, 3.63) is 87.5 Å². The van der Waals surface area contributed by atoms with E-state index >= 15 is 0 Å². The fourth-order valence-corrected chi connectivity index (χ4v) is 8.66. The quantitative estimate of drug-likeness (QED) is 0.443. The van der Waals surface area contributed by atoms with Crippen molar-refractivity contribution in [1.82, 2.24) is 0 Å². The first kappa shape index (κ1) is 26.3. The molecule has 2 aromatic rings. The lowest BCUT2D eigenvalue weighted by molar-refractivity contribution is -0.141. The second-order valence-corrected chi connectivity index (χ2v) is 12.4. The third kappa shape index (κ3) is 3.18. The van der Waals surface area contributed by atoms with Crippen molar-refractivity contribution >= 4 is 17.3 Å². The highest BCUT2D eigenvalue weighted by molar-refractivity contribution is 6.24. The summed E-state index contributed by atoms with van der Waals surface area (Å²) < 4.78 is 0. The van der Waals surface area contributed by atoms with Crippen molar-refractivity contribution in [3.8, 4) is 5.75 Å². The van der Waals surface area contributed by atoms with E-state index in [-0.39, 0.29) is 40.5 Å². The minimum absolute atomic E-state index is 0.0174. The Morgan fingerprint density at radius 3 is 2.29 bits per heavy atom. The summed E-state index contributed by atoms with van der Waals surface area (Å²) in [5, 5.41) is 10.8. The molecule has 1 N–H and O–H groups in total. The first-order valence-corrected chi connectivity index (χ1v) is 13.7. The van der Waals surface area contributed by atoms with Gasteiger partial charge in [0.25, 0.3) is 0 Å². The summed E-state index contributed by atoms with van der Waals surface area (Å²) in [6.07, 6.45) is 2.24. The summed E-state index contributed by atoms with van der Waals surface area (Å²) in [5.41, 5.74) is 2.89. The van der Waals surface area contributed by atoms with Crippen LogP contribution in [0.1, 0.15) is 88.7 Å². The Bertz CT molecular complexity index is 1440. The first-order chi connectivity index (χ1) is 17.8. The molecule has 4 heteroatoms. The molecule has 0 heterocycles. The van der Waals surface area contributed by atoms with Gasteiger partial charge in [-0.3, -0.25) is 14.4 Å². The normalized spacial score (nSPS) is 32.6. The molecule has 0 spiro atoms. The molecule has 0 radical (unpaired) electrons. The van der Waals surface area contributed by atoms with Crippen LogP contribution in [0.5, 0.6) is 5.75 Å². The highest BCUT2D eigenvalue weighted by Gasteiger charge is 2.68. The summed E-state index contributed by atoms with van der Waals surface area (Å²) in [6.45, 7) is 13.8. The Balaban J connectivity index is 1.82. The summed E-state index contributed by atoms with van der Waals surface area (Å²) in [4.78, 5) is 41.4. The number of aromatic hydroxyl groups is 1. The number of rotatable bonds is 4. The lowest BCUT2D eigenvalue weighted by atomic mass is 9.36. The number of allylic oxidation sites excluding steroid dienone is 4. The van der Waals surface area contributed by atoms with Crippen LogP contribution < -0.4 is 0 Å². The van der Waals surface area contributed by atoms with Crippen LogP contribution in [0, 0.1) is 22.2 Å². The number of phenolic OH excluding ortho intramolecular Hbond substituents is 1. The molecule has 0 unspecified atom stereocenters. The van der Waals surface area contributed by atoms with Crippen molar-refractivity contribution < 1.29 is 19.5 Å². The Morgan fingerprint density at radius 1 is 1.00 bits per heavy atom. The highest BCUT2D eigenvalue weighted by Crippen LogP contribution is 2.72. The molecular formula is C34H38O4. The third-order valence-corrected chi connectivity index (χ3v) is 10.9. The molecule has 0 aliphatic heterocycles. The fourth-order valence-electron chi connectivity index (χ4n) is 8.66. The summed E-state index contributed by atoms with van der Waals surface area (Å²) in [7, 11) is 0. The standard InChI is InChI=1S/C34H38O4/c1-19-18-32(5)26(17-16-23-12-9-8-10-13-23)33(6)20(2)24-14-11-15-25(36)28(24)30(37)29(33)21(3)34(32,7)31(38)27(19)22(4)35/h8-15,20,26,36H,16-18H2,1-7H3/t20-,26+,32+,33-,34+/m1/s1. The second kappa shape index (κ2) is 8.62. The van der Waals surface area contributed by atoms with Gasteiger partial charge in [-0.25, -0.2) is 0 Å². The van der Waals surface area contributed by atoms with Gasteiger partial charge in [0.05, 0.1) is 16.6 Å². The number of Topliss-reactive ketones (excluding diaryl/α,β-unsaturated/α-hetero) is 3. The van der Waals surface area contributed by atoms with Crippen LogP contribution in [0.2, 0.25) is 0 Å². The van der Waals surface area contributed by atoms with Crippen molar-refractivity contribution in [2.24, 2.45) is 22.2 Å². The largest absolute Gasteiger partial charge is 0.507 e. The highest BCUT2D eigenvalue weighted by atomic mass is 16.3. The van der Waals surface area contributed by atoms with E-state index in [9.17, 15) is 19.5 Å².